The monoisotopic (exact) mass is 431 g/mol. The quantitative estimate of drug-likeness (QED) is 0.239. The lowest BCUT2D eigenvalue weighted by molar-refractivity contribution is 0.127. The van der Waals surface area contributed by atoms with Crippen molar-refractivity contribution in [1.29, 1.82) is 5.26 Å². The molecule has 0 radical (unpaired) electrons. The number of hydrogen-bond acceptors (Lipinski definition) is 1. The number of nitrogens with zero attached hydrogens (tertiary/aromatic N) is 1. The highest BCUT2D eigenvalue weighted by Crippen LogP contribution is 2.52. The van der Waals surface area contributed by atoms with Gasteiger partial charge in [-0.25, -0.2) is 0 Å². The molecule has 0 amide bonds. The van der Waals surface area contributed by atoms with Crippen molar-refractivity contribution >= 4 is 0 Å². The van der Waals surface area contributed by atoms with Gasteiger partial charge < -0.3 is 0 Å². The van der Waals surface area contributed by atoms with Gasteiger partial charge in [0.2, 0.25) is 0 Å². The van der Waals surface area contributed by atoms with Gasteiger partial charge in [-0.2, -0.15) is 5.26 Å². The van der Waals surface area contributed by atoms with E-state index in [2.05, 4.69) is 74.6 Å². The summed E-state index contributed by atoms with van der Waals surface area (Å²) in [5.41, 5.74) is 1.53. The summed E-state index contributed by atoms with van der Waals surface area (Å²) in [6.07, 6.45) is 27.4. The molecule has 1 heteroatoms. The molecule has 0 N–H and O–H groups in total. The van der Waals surface area contributed by atoms with Crippen LogP contribution in [0.1, 0.15) is 115 Å². The number of allylic oxidation sites excluding steroid dienone is 4. The van der Waals surface area contributed by atoms with Gasteiger partial charge in [0.25, 0.3) is 0 Å². The molecule has 1 aromatic carbocycles. The fourth-order valence-electron chi connectivity index (χ4n) is 6.10. The van der Waals surface area contributed by atoms with E-state index in [1.165, 1.54) is 76.2 Å². The van der Waals surface area contributed by atoms with Crippen LogP contribution in [0.3, 0.4) is 0 Å². The molecule has 0 atom stereocenters. The predicted molar refractivity (Wildman–Crippen MR) is 137 cm³/mol. The van der Waals surface area contributed by atoms with E-state index in [9.17, 15) is 5.26 Å². The summed E-state index contributed by atoms with van der Waals surface area (Å²) >= 11 is 0. The number of hydrogen-bond donors (Lipinski definition) is 0. The summed E-state index contributed by atoms with van der Waals surface area (Å²) in [6.45, 7) is 4.57. The van der Waals surface area contributed by atoms with Gasteiger partial charge in [-0.3, -0.25) is 0 Å². The first kappa shape index (κ1) is 24.8. The van der Waals surface area contributed by atoms with Gasteiger partial charge in [-0.15, -0.1) is 0 Å². The van der Waals surface area contributed by atoms with Gasteiger partial charge in [-0.1, -0.05) is 120 Å². The number of benzene rings is 1. The van der Waals surface area contributed by atoms with Crippen LogP contribution in [0.2, 0.25) is 0 Å². The molecule has 3 rings (SSSR count). The van der Waals surface area contributed by atoms with Crippen LogP contribution in [-0.4, -0.2) is 0 Å². The zero-order valence-electron chi connectivity index (χ0n) is 20.7. The van der Waals surface area contributed by atoms with E-state index in [1.54, 1.807) is 0 Å². The van der Waals surface area contributed by atoms with E-state index >= 15 is 0 Å². The molecule has 32 heavy (non-hydrogen) atoms. The van der Waals surface area contributed by atoms with Crippen molar-refractivity contribution < 1.29 is 0 Å². The summed E-state index contributed by atoms with van der Waals surface area (Å²) in [6, 6.07) is 13.7. The minimum Gasteiger partial charge on any atom is -0.198 e. The van der Waals surface area contributed by atoms with Gasteiger partial charge >= 0.3 is 0 Å². The molecule has 0 aliphatic heterocycles. The van der Waals surface area contributed by atoms with Crippen molar-refractivity contribution in [1.82, 2.24) is 0 Å². The largest absolute Gasteiger partial charge is 0.198 e. The van der Waals surface area contributed by atoms with E-state index in [0.717, 1.165) is 19.3 Å². The van der Waals surface area contributed by atoms with Crippen molar-refractivity contribution in [2.45, 2.75) is 110 Å². The summed E-state index contributed by atoms with van der Waals surface area (Å²) in [4.78, 5) is 0. The maximum atomic E-state index is 10.1. The zero-order chi connectivity index (χ0) is 22.7. The molecule has 1 aromatic rings. The number of unbranched alkanes of at least 4 members (excludes halogenated alkanes) is 6. The van der Waals surface area contributed by atoms with Crippen molar-refractivity contribution in [3.05, 3.63) is 60.2 Å². The highest BCUT2D eigenvalue weighted by atomic mass is 14.5. The minimum absolute atomic E-state index is 0.0536. The Morgan fingerprint density at radius 2 is 1.41 bits per heavy atom. The standard InChI is InChI=1S/C31H45N/c1-3-5-7-8-13-20-30(26-32)22-18-29(19-23-30)31(21-12-6-4-2)24-16-28(17-25-31)27-14-10-9-11-15-27/h9-11,14-17,24-25,28-29H,3-8,12-13,18-23H2,1-2H3. The fourth-order valence-corrected chi connectivity index (χ4v) is 6.10. The Morgan fingerprint density at radius 3 is 2.03 bits per heavy atom. The lowest BCUT2D eigenvalue weighted by Gasteiger charge is -2.45. The third kappa shape index (κ3) is 6.37. The summed E-state index contributed by atoms with van der Waals surface area (Å²) in [7, 11) is 0. The average Bonchev–Trinajstić information content (AvgIpc) is 2.85. The molecule has 1 fully saturated rings. The Morgan fingerprint density at radius 1 is 0.812 bits per heavy atom. The van der Waals surface area contributed by atoms with E-state index in [-0.39, 0.29) is 10.8 Å². The SMILES string of the molecule is CCCCCCCC1(C#N)CCC(C2(CCCCC)C=CC(c3ccccc3)C=C2)CC1. The first-order valence-electron chi connectivity index (χ1n) is 13.5. The number of nitriles is 1. The van der Waals surface area contributed by atoms with E-state index in [1.807, 2.05) is 0 Å². The van der Waals surface area contributed by atoms with Gasteiger partial charge in [-0.05, 0) is 50.0 Å². The fraction of sp³-hybridized carbons (Fsp3) is 0.645. The van der Waals surface area contributed by atoms with Crippen molar-refractivity contribution in [2.24, 2.45) is 16.7 Å². The molecule has 0 aromatic heterocycles. The molecule has 174 valence electrons. The van der Waals surface area contributed by atoms with Crippen LogP contribution in [0, 0.1) is 28.1 Å². The Balaban J connectivity index is 1.65. The molecule has 1 saturated carbocycles. The molecule has 0 spiro atoms. The minimum atomic E-state index is -0.0536. The molecule has 0 saturated heterocycles. The van der Waals surface area contributed by atoms with Gasteiger partial charge in [0.05, 0.1) is 11.5 Å². The summed E-state index contributed by atoms with van der Waals surface area (Å²) in [5.74, 6) is 1.09. The smallest absolute Gasteiger partial charge is 0.0689 e. The van der Waals surface area contributed by atoms with Crippen LogP contribution < -0.4 is 0 Å². The highest BCUT2D eigenvalue weighted by Gasteiger charge is 2.42. The lowest BCUT2D eigenvalue weighted by Crippen LogP contribution is -2.35. The third-order valence-electron chi connectivity index (χ3n) is 8.32. The maximum Gasteiger partial charge on any atom is 0.0689 e. The topological polar surface area (TPSA) is 23.8 Å². The molecule has 1 nitrogen and oxygen atoms in total. The second kappa shape index (κ2) is 12.4. The number of rotatable bonds is 12. The Labute approximate surface area is 198 Å². The lowest BCUT2D eigenvalue weighted by atomic mass is 9.59. The molecular weight excluding hydrogens is 386 g/mol. The van der Waals surface area contributed by atoms with Gasteiger partial charge in [0.15, 0.2) is 0 Å². The second-order valence-corrected chi connectivity index (χ2v) is 10.6. The zero-order valence-corrected chi connectivity index (χ0v) is 20.7. The van der Waals surface area contributed by atoms with E-state index in [4.69, 9.17) is 0 Å². The summed E-state index contributed by atoms with van der Waals surface area (Å²) < 4.78 is 0. The van der Waals surface area contributed by atoms with Crippen molar-refractivity contribution in [3.8, 4) is 6.07 Å². The molecule has 0 heterocycles. The van der Waals surface area contributed by atoms with Crippen LogP contribution in [0.15, 0.2) is 54.6 Å². The van der Waals surface area contributed by atoms with Crippen LogP contribution in [0.25, 0.3) is 0 Å². The Kier molecular flexibility index (Phi) is 9.65. The Hall–Kier alpha value is -1.81. The molecule has 2 aliphatic rings. The van der Waals surface area contributed by atoms with E-state index < -0.39 is 0 Å². The third-order valence-corrected chi connectivity index (χ3v) is 8.32. The van der Waals surface area contributed by atoms with Gasteiger partial charge in [0, 0.05) is 11.3 Å². The van der Waals surface area contributed by atoms with Crippen LogP contribution in [0.4, 0.5) is 0 Å². The first-order chi connectivity index (χ1) is 15.7. The van der Waals surface area contributed by atoms with Crippen molar-refractivity contribution in [2.75, 3.05) is 0 Å². The average molecular weight is 432 g/mol. The summed E-state index contributed by atoms with van der Waals surface area (Å²) in [5, 5.41) is 10.1. The molecular formula is C31H45N. The van der Waals surface area contributed by atoms with Crippen LogP contribution >= 0.6 is 0 Å². The molecule has 0 bridgehead atoms. The van der Waals surface area contributed by atoms with E-state index in [0.29, 0.717) is 11.8 Å². The Bertz CT molecular complexity index is 743. The van der Waals surface area contributed by atoms with Crippen LogP contribution in [0.5, 0.6) is 0 Å². The van der Waals surface area contributed by atoms with Gasteiger partial charge in [0.1, 0.15) is 0 Å². The first-order valence-corrected chi connectivity index (χ1v) is 13.5. The maximum absolute atomic E-state index is 10.1. The predicted octanol–water partition coefficient (Wildman–Crippen LogP) is 9.52. The molecule has 2 aliphatic carbocycles. The second-order valence-electron chi connectivity index (χ2n) is 10.6. The molecule has 0 unspecified atom stereocenters. The normalized spacial score (nSPS) is 29.7. The van der Waals surface area contributed by atoms with Crippen LogP contribution in [-0.2, 0) is 0 Å². The van der Waals surface area contributed by atoms with Crippen molar-refractivity contribution in [3.63, 3.8) is 0 Å². The highest BCUT2D eigenvalue weighted by molar-refractivity contribution is 5.34.